The normalized spacial score (nSPS) is 12.3. The van der Waals surface area contributed by atoms with Crippen molar-refractivity contribution in [2.24, 2.45) is 5.41 Å². The molecule has 0 aliphatic heterocycles. The maximum atomic E-state index is 12.8. The highest BCUT2D eigenvalue weighted by atomic mass is 32.2. The predicted molar refractivity (Wildman–Crippen MR) is 79.2 cm³/mol. The van der Waals surface area contributed by atoms with E-state index in [1.165, 1.54) is 24.3 Å². The van der Waals surface area contributed by atoms with Gasteiger partial charge in [-0.05, 0) is 29.7 Å². The van der Waals surface area contributed by atoms with E-state index < -0.39 is 29.9 Å². The molecule has 0 unspecified atom stereocenters. The Morgan fingerprint density at radius 2 is 1.64 bits per heavy atom. The van der Waals surface area contributed by atoms with E-state index in [2.05, 4.69) is 0 Å². The molecular formula is C15H19F4NOS. The van der Waals surface area contributed by atoms with E-state index in [1.54, 1.807) is 20.8 Å². The van der Waals surface area contributed by atoms with Gasteiger partial charge in [-0.25, -0.2) is 4.39 Å². The zero-order chi connectivity index (χ0) is 17.0. The molecule has 1 amide bonds. The van der Waals surface area contributed by atoms with Gasteiger partial charge in [-0.2, -0.15) is 13.2 Å². The lowest BCUT2D eigenvalue weighted by Crippen LogP contribution is -2.44. The smallest absolute Gasteiger partial charge is 0.332 e. The number of alkyl halides is 3. The van der Waals surface area contributed by atoms with Crippen LogP contribution in [0.25, 0.3) is 0 Å². The number of rotatable bonds is 5. The number of halogens is 4. The summed E-state index contributed by atoms with van der Waals surface area (Å²) in [5, 5.41) is 0. The van der Waals surface area contributed by atoms with Gasteiger partial charge in [-0.1, -0.05) is 20.8 Å². The molecule has 0 saturated carbocycles. The fourth-order valence-electron chi connectivity index (χ4n) is 1.79. The second-order valence-corrected chi connectivity index (χ2v) is 7.22. The topological polar surface area (TPSA) is 20.3 Å². The Morgan fingerprint density at radius 1 is 1.09 bits per heavy atom. The summed E-state index contributed by atoms with van der Waals surface area (Å²) in [4.78, 5) is 13.5. The van der Waals surface area contributed by atoms with Gasteiger partial charge >= 0.3 is 6.18 Å². The largest absolute Gasteiger partial charge is 0.406 e. The molecule has 7 heteroatoms. The molecule has 22 heavy (non-hydrogen) atoms. The average Bonchev–Trinajstić information content (AvgIpc) is 2.33. The van der Waals surface area contributed by atoms with Crippen LogP contribution < -0.4 is 0 Å². The number of carbonyl (C=O) groups is 1. The first-order valence-corrected chi connectivity index (χ1v) is 7.68. The van der Waals surface area contributed by atoms with Crippen LogP contribution in [0.5, 0.6) is 0 Å². The fraction of sp³-hybridized carbons (Fsp3) is 0.533. The van der Waals surface area contributed by atoms with Crippen LogP contribution in [-0.2, 0) is 4.79 Å². The lowest BCUT2D eigenvalue weighted by Gasteiger charge is -2.30. The first kappa shape index (κ1) is 18.8. The molecule has 124 valence electrons. The molecule has 0 saturated heterocycles. The Balaban J connectivity index is 2.68. The van der Waals surface area contributed by atoms with Gasteiger partial charge in [0.05, 0.1) is 5.75 Å². The molecule has 2 nitrogen and oxygen atoms in total. The molecule has 1 rings (SSSR count). The van der Waals surface area contributed by atoms with Crippen LogP contribution in [0.3, 0.4) is 0 Å². The van der Waals surface area contributed by atoms with Crippen LogP contribution in [0.15, 0.2) is 29.2 Å². The van der Waals surface area contributed by atoms with Crippen molar-refractivity contribution in [2.75, 3.05) is 18.8 Å². The van der Waals surface area contributed by atoms with E-state index in [-0.39, 0.29) is 12.3 Å². The number of benzene rings is 1. The minimum atomic E-state index is -4.43. The van der Waals surface area contributed by atoms with Gasteiger partial charge in [0, 0.05) is 11.4 Å². The Bertz CT molecular complexity index is 478. The summed E-state index contributed by atoms with van der Waals surface area (Å²) in [6, 6.07) is 5.47. The van der Waals surface area contributed by atoms with Crippen molar-refractivity contribution < 1.29 is 22.4 Å². The highest BCUT2D eigenvalue weighted by Gasteiger charge is 2.34. The van der Waals surface area contributed by atoms with E-state index in [4.69, 9.17) is 0 Å². The van der Waals surface area contributed by atoms with Gasteiger partial charge < -0.3 is 4.90 Å². The quantitative estimate of drug-likeness (QED) is 0.588. The minimum absolute atomic E-state index is 0.0231. The van der Waals surface area contributed by atoms with Crippen LogP contribution in [0.2, 0.25) is 0 Å². The maximum absolute atomic E-state index is 12.8. The standard InChI is InChI=1S/C15H19F4NOS/c1-14(2,3)9-20(10-15(17,18)19)13(21)8-22-12-6-4-11(16)5-7-12/h4-7H,8-10H2,1-3H3. The zero-order valence-electron chi connectivity index (χ0n) is 12.7. The summed E-state index contributed by atoms with van der Waals surface area (Å²) >= 11 is 1.09. The molecule has 0 bridgehead atoms. The first-order chi connectivity index (χ1) is 9.96. The number of thioether (sulfide) groups is 1. The number of hydrogen-bond donors (Lipinski definition) is 0. The van der Waals surface area contributed by atoms with Crippen molar-refractivity contribution in [3.8, 4) is 0 Å². The summed E-state index contributed by atoms with van der Waals surface area (Å²) in [5.74, 6) is -1.10. The molecule has 1 aromatic carbocycles. The molecule has 0 fully saturated rings. The van der Waals surface area contributed by atoms with Crippen LogP contribution in [0, 0.1) is 11.2 Å². The summed E-state index contributed by atoms with van der Waals surface area (Å²) in [6.45, 7) is 4.09. The Kier molecular flexibility index (Phi) is 6.28. The van der Waals surface area contributed by atoms with Crippen molar-refractivity contribution in [1.29, 1.82) is 0 Å². The molecule has 0 heterocycles. The number of hydrogen-bond acceptors (Lipinski definition) is 2. The Morgan fingerprint density at radius 3 is 2.09 bits per heavy atom. The molecule has 0 atom stereocenters. The third-order valence-corrected chi connectivity index (χ3v) is 3.56. The van der Waals surface area contributed by atoms with Crippen LogP contribution in [0.1, 0.15) is 20.8 Å². The van der Waals surface area contributed by atoms with Crippen molar-refractivity contribution in [3.63, 3.8) is 0 Å². The maximum Gasteiger partial charge on any atom is 0.406 e. The Labute approximate surface area is 131 Å². The van der Waals surface area contributed by atoms with E-state index in [0.29, 0.717) is 4.90 Å². The number of amides is 1. The van der Waals surface area contributed by atoms with E-state index in [0.717, 1.165) is 16.7 Å². The SMILES string of the molecule is CC(C)(C)CN(CC(F)(F)F)C(=O)CSc1ccc(F)cc1. The second-order valence-electron chi connectivity index (χ2n) is 6.17. The van der Waals surface area contributed by atoms with Gasteiger partial charge in [0.2, 0.25) is 5.91 Å². The lowest BCUT2D eigenvalue weighted by atomic mass is 9.96. The average molecular weight is 337 g/mol. The highest BCUT2D eigenvalue weighted by Crippen LogP contribution is 2.24. The van der Waals surface area contributed by atoms with Crippen molar-refractivity contribution in [3.05, 3.63) is 30.1 Å². The second kappa shape index (κ2) is 7.35. The van der Waals surface area contributed by atoms with Gasteiger partial charge in [0.15, 0.2) is 0 Å². The molecule has 0 spiro atoms. The van der Waals surface area contributed by atoms with E-state index in [1.807, 2.05) is 0 Å². The van der Waals surface area contributed by atoms with Gasteiger partial charge in [0.1, 0.15) is 12.4 Å². The molecular weight excluding hydrogens is 318 g/mol. The molecule has 0 radical (unpaired) electrons. The third kappa shape index (κ3) is 7.68. The number of carbonyl (C=O) groups excluding carboxylic acids is 1. The van der Waals surface area contributed by atoms with Gasteiger partial charge in [0.25, 0.3) is 0 Å². The van der Waals surface area contributed by atoms with Crippen molar-refractivity contribution >= 4 is 17.7 Å². The summed E-state index contributed by atoms with van der Waals surface area (Å²) < 4.78 is 50.6. The predicted octanol–water partition coefficient (Wildman–Crippen LogP) is 4.35. The molecule has 0 aliphatic carbocycles. The van der Waals surface area contributed by atoms with Crippen molar-refractivity contribution in [2.45, 2.75) is 31.8 Å². The summed E-state index contributed by atoms with van der Waals surface area (Å²) in [5.41, 5.74) is -0.429. The fourth-order valence-corrected chi connectivity index (χ4v) is 2.59. The van der Waals surface area contributed by atoms with E-state index in [9.17, 15) is 22.4 Å². The third-order valence-electron chi connectivity index (χ3n) is 2.56. The number of nitrogens with zero attached hydrogens (tertiary/aromatic N) is 1. The van der Waals surface area contributed by atoms with Crippen LogP contribution in [-0.4, -0.2) is 35.8 Å². The lowest BCUT2D eigenvalue weighted by molar-refractivity contribution is -0.161. The molecule has 0 aliphatic rings. The molecule has 0 N–H and O–H groups in total. The Hall–Kier alpha value is -1.24. The highest BCUT2D eigenvalue weighted by molar-refractivity contribution is 8.00. The molecule has 0 aromatic heterocycles. The first-order valence-electron chi connectivity index (χ1n) is 6.69. The van der Waals surface area contributed by atoms with Gasteiger partial charge in [-0.3, -0.25) is 4.79 Å². The molecule has 1 aromatic rings. The van der Waals surface area contributed by atoms with Crippen molar-refractivity contribution in [1.82, 2.24) is 4.90 Å². The summed E-state index contributed by atoms with van der Waals surface area (Å²) in [6.07, 6.45) is -4.43. The van der Waals surface area contributed by atoms with Gasteiger partial charge in [-0.15, -0.1) is 11.8 Å². The monoisotopic (exact) mass is 337 g/mol. The van der Waals surface area contributed by atoms with Crippen LogP contribution in [0.4, 0.5) is 17.6 Å². The van der Waals surface area contributed by atoms with Crippen LogP contribution >= 0.6 is 11.8 Å². The van der Waals surface area contributed by atoms with E-state index >= 15 is 0 Å². The minimum Gasteiger partial charge on any atom is -0.332 e. The zero-order valence-corrected chi connectivity index (χ0v) is 13.5. The summed E-state index contributed by atoms with van der Waals surface area (Å²) in [7, 11) is 0.